The summed E-state index contributed by atoms with van der Waals surface area (Å²) in [6.07, 6.45) is 8.06. The van der Waals surface area contributed by atoms with E-state index in [0.29, 0.717) is 5.92 Å². The number of allylic oxidation sites excluding steroid dienone is 2. The fourth-order valence-electron chi connectivity index (χ4n) is 1.84. The molecule has 2 nitrogen and oxygen atoms in total. The SMILES string of the molecule is CC1=CCC2C=CCN(C)C2O1. The highest BCUT2D eigenvalue weighted by Crippen LogP contribution is 2.28. The van der Waals surface area contributed by atoms with E-state index in [-0.39, 0.29) is 6.23 Å². The molecule has 2 rings (SSSR count). The molecule has 2 aliphatic rings. The van der Waals surface area contributed by atoms with Crippen LogP contribution in [0.5, 0.6) is 0 Å². The van der Waals surface area contributed by atoms with Gasteiger partial charge in [-0.25, -0.2) is 0 Å². The summed E-state index contributed by atoms with van der Waals surface area (Å²) in [6, 6.07) is 0. The van der Waals surface area contributed by atoms with E-state index in [0.717, 1.165) is 18.7 Å². The van der Waals surface area contributed by atoms with Gasteiger partial charge in [-0.1, -0.05) is 12.2 Å². The molecule has 0 N–H and O–H groups in total. The van der Waals surface area contributed by atoms with E-state index >= 15 is 0 Å². The molecule has 0 bridgehead atoms. The van der Waals surface area contributed by atoms with Gasteiger partial charge in [-0.05, 0) is 26.5 Å². The van der Waals surface area contributed by atoms with E-state index in [1.54, 1.807) is 0 Å². The molecular formula is C10H15NO. The van der Waals surface area contributed by atoms with Gasteiger partial charge in [-0.2, -0.15) is 0 Å². The van der Waals surface area contributed by atoms with Crippen molar-refractivity contribution in [2.24, 2.45) is 5.92 Å². The Balaban J connectivity index is 2.17. The first kappa shape index (κ1) is 7.87. The molecule has 0 fully saturated rings. The standard InChI is InChI=1S/C10H15NO/c1-8-5-6-9-4-3-7-11(2)10(9)12-8/h3-5,9-10H,6-7H2,1-2H3. The van der Waals surface area contributed by atoms with Crippen LogP contribution in [-0.2, 0) is 4.74 Å². The van der Waals surface area contributed by atoms with Crippen LogP contribution >= 0.6 is 0 Å². The largest absolute Gasteiger partial charge is 0.479 e. The van der Waals surface area contributed by atoms with Gasteiger partial charge >= 0.3 is 0 Å². The fraction of sp³-hybridized carbons (Fsp3) is 0.600. The summed E-state index contributed by atoms with van der Waals surface area (Å²) in [6.45, 7) is 3.04. The second kappa shape index (κ2) is 2.94. The molecule has 0 aromatic carbocycles. The molecule has 2 atom stereocenters. The quantitative estimate of drug-likeness (QED) is 0.507. The second-order valence-corrected chi connectivity index (χ2v) is 3.59. The smallest absolute Gasteiger partial charge is 0.158 e. The van der Waals surface area contributed by atoms with Crippen LogP contribution in [0, 0.1) is 5.92 Å². The molecule has 2 aliphatic heterocycles. The summed E-state index contributed by atoms with van der Waals surface area (Å²) in [5.74, 6) is 1.63. The van der Waals surface area contributed by atoms with Crippen LogP contribution in [-0.4, -0.2) is 24.7 Å². The Kier molecular flexibility index (Phi) is 1.93. The number of hydrogen-bond acceptors (Lipinski definition) is 2. The molecule has 0 radical (unpaired) electrons. The third-order valence-corrected chi connectivity index (χ3v) is 2.56. The average Bonchev–Trinajstić information content (AvgIpc) is 2.07. The molecule has 0 spiro atoms. The minimum atomic E-state index is 0.278. The minimum Gasteiger partial charge on any atom is -0.479 e. The van der Waals surface area contributed by atoms with Crippen molar-refractivity contribution in [3.05, 3.63) is 24.0 Å². The van der Waals surface area contributed by atoms with E-state index in [1.807, 2.05) is 6.92 Å². The van der Waals surface area contributed by atoms with Gasteiger partial charge < -0.3 is 4.74 Å². The van der Waals surface area contributed by atoms with Crippen molar-refractivity contribution in [2.45, 2.75) is 19.6 Å². The Morgan fingerprint density at radius 2 is 2.42 bits per heavy atom. The molecule has 2 heterocycles. The number of likely N-dealkylation sites (N-methyl/N-ethyl adjacent to an activating group) is 1. The van der Waals surface area contributed by atoms with Crippen molar-refractivity contribution in [1.29, 1.82) is 0 Å². The number of rotatable bonds is 0. The van der Waals surface area contributed by atoms with Crippen molar-refractivity contribution in [1.82, 2.24) is 4.90 Å². The molecule has 2 heteroatoms. The topological polar surface area (TPSA) is 12.5 Å². The Morgan fingerprint density at radius 1 is 1.58 bits per heavy atom. The molecule has 0 aliphatic carbocycles. The predicted octanol–water partition coefficient (Wildman–Crippen LogP) is 1.75. The van der Waals surface area contributed by atoms with Crippen LogP contribution in [0.3, 0.4) is 0 Å². The normalized spacial score (nSPS) is 35.3. The molecule has 2 unspecified atom stereocenters. The van der Waals surface area contributed by atoms with E-state index < -0.39 is 0 Å². The van der Waals surface area contributed by atoms with Gasteiger partial charge in [-0.3, -0.25) is 4.90 Å². The maximum atomic E-state index is 5.74. The number of ether oxygens (including phenoxy) is 1. The maximum Gasteiger partial charge on any atom is 0.158 e. The second-order valence-electron chi connectivity index (χ2n) is 3.59. The highest BCUT2D eigenvalue weighted by molar-refractivity contribution is 5.07. The van der Waals surface area contributed by atoms with Crippen LogP contribution < -0.4 is 0 Å². The van der Waals surface area contributed by atoms with Crippen molar-refractivity contribution in [3.8, 4) is 0 Å². The predicted molar refractivity (Wildman–Crippen MR) is 48.5 cm³/mol. The number of hydrogen-bond donors (Lipinski definition) is 0. The summed E-state index contributed by atoms with van der Waals surface area (Å²) in [5.41, 5.74) is 0. The molecular weight excluding hydrogens is 150 g/mol. The first-order valence-electron chi connectivity index (χ1n) is 4.47. The van der Waals surface area contributed by atoms with Crippen molar-refractivity contribution < 1.29 is 4.74 Å². The third-order valence-electron chi connectivity index (χ3n) is 2.56. The molecule has 0 saturated heterocycles. The lowest BCUT2D eigenvalue weighted by Gasteiger charge is -2.38. The summed E-state index contributed by atoms with van der Waals surface area (Å²) < 4.78 is 5.74. The fourth-order valence-corrected chi connectivity index (χ4v) is 1.84. The Morgan fingerprint density at radius 3 is 3.25 bits per heavy atom. The lowest BCUT2D eigenvalue weighted by atomic mass is 9.97. The van der Waals surface area contributed by atoms with Crippen LogP contribution in [0.15, 0.2) is 24.0 Å². The minimum absolute atomic E-state index is 0.278. The zero-order valence-corrected chi connectivity index (χ0v) is 7.66. The summed E-state index contributed by atoms with van der Waals surface area (Å²) in [5, 5.41) is 0. The first-order valence-corrected chi connectivity index (χ1v) is 4.47. The average molecular weight is 165 g/mol. The number of fused-ring (bicyclic) bond motifs is 1. The van der Waals surface area contributed by atoms with E-state index in [9.17, 15) is 0 Å². The van der Waals surface area contributed by atoms with E-state index in [2.05, 4.69) is 30.2 Å². The van der Waals surface area contributed by atoms with Crippen LogP contribution in [0.4, 0.5) is 0 Å². The van der Waals surface area contributed by atoms with E-state index in [1.165, 1.54) is 0 Å². The zero-order valence-electron chi connectivity index (χ0n) is 7.66. The molecule has 0 aromatic rings. The van der Waals surface area contributed by atoms with Gasteiger partial charge in [0.05, 0.1) is 5.76 Å². The van der Waals surface area contributed by atoms with Gasteiger partial charge in [0, 0.05) is 12.5 Å². The Bertz CT molecular complexity index is 232. The van der Waals surface area contributed by atoms with Gasteiger partial charge in [0.25, 0.3) is 0 Å². The highest BCUT2D eigenvalue weighted by Gasteiger charge is 2.29. The Hall–Kier alpha value is -0.760. The first-order chi connectivity index (χ1) is 5.77. The maximum absolute atomic E-state index is 5.74. The van der Waals surface area contributed by atoms with Crippen LogP contribution in [0.1, 0.15) is 13.3 Å². The van der Waals surface area contributed by atoms with Crippen LogP contribution in [0.2, 0.25) is 0 Å². The third kappa shape index (κ3) is 1.27. The van der Waals surface area contributed by atoms with E-state index in [4.69, 9.17) is 4.74 Å². The van der Waals surface area contributed by atoms with Gasteiger partial charge in [0.2, 0.25) is 0 Å². The van der Waals surface area contributed by atoms with Crippen molar-refractivity contribution in [3.63, 3.8) is 0 Å². The molecule has 0 saturated carbocycles. The Labute approximate surface area is 73.5 Å². The lowest BCUT2D eigenvalue weighted by Crippen LogP contribution is -2.43. The molecule has 66 valence electrons. The summed E-state index contributed by atoms with van der Waals surface area (Å²) in [7, 11) is 2.11. The molecule has 0 amide bonds. The van der Waals surface area contributed by atoms with Crippen LogP contribution in [0.25, 0.3) is 0 Å². The molecule has 0 aromatic heterocycles. The van der Waals surface area contributed by atoms with Gasteiger partial charge in [0.15, 0.2) is 6.23 Å². The zero-order chi connectivity index (χ0) is 8.55. The monoisotopic (exact) mass is 165 g/mol. The summed E-state index contributed by atoms with van der Waals surface area (Å²) >= 11 is 0. The van der Waals surface area contributed by atoms with Gasteiger partial charge in [0.1, 0.15) is 0 Å². The molecule has 12 heavy (non-hydrogen) atoms. The van der Waals surface area contributed by atoms with Crippen molar-refractivity contribution in [2.75, 3.05) is 13.6 Å². The highest BCUT2D eigenvalue weighted by atomic mass is 16.5. The lowest BCUT2D eigenvalue weighted by molar-refractivity contribution is -0.0456. The number of nitrogens with zero attached hydrogens (tertiary/aromatic N) is 1. The summed E-state index contributed by atoms with van der Waals surface area (Å²) in [4.78, 5) is 2.25. The van der Waals surface area contributed by atoms with Gasteiger partial charge in [-0.15, -0.1) is 0 Å². The van der Waals surface area contributed by atoms with Crippen molar-refractivity contribution >= 4 is 0 Å².